The molecule has 0 amide bonds. The van der Waals surface area contributed by atoms with E-state index in [0.717, 1.165) is 5.56 Å². The zero-order valence-electron chi connectivity index (χ0n) is 13.6. The minimum atomic E-state index is -0.492. The summed E-state index contributed by atoms with van der Waals surface area (Å²) in [6.07, 6.45) is 0. The molecule has 0 aliphatic carbocycles. The fourth-order valence-corrected chi connectivity index (χ4v) is 2.25. The number of hydrogen-bond donors (Lipinski definition) is 1. The quantitative estimate of drug-likeness (QED) is 0.863. The van der Waals surface area contributed by atoms with Crippen molar-refractivity contribution in [2.75, 3.05) is 14.2 Å². The summed E-state index contributed by atoms with van der Waals surface area (Å²) in [5.74, 6) is 0.912. The number of rotatable bonds is 4. The third-order valence-corrected chi connectivity index (χ3v) is 4.36. The zero-order valence-corrected chi connectivity index (χ0v) is 13.6. The van der Waals surface area contributed by atoms with Crippen molar-refractivity contribution in [2.45, 2.75) is 44.8 Å². The highest BCUT2D eigenvalue weighted by Crippen LogP contribution is 2.40. The van der Waals surface area contributed by atoms with E-state index >= 15 is 0 Å². The number of benzene rings is 1. The average molecular weight is 293 g/mol. The van der Waals surface area contributed by atoms with E-state index in [4.69, 9.17) is 24.5 Å². The lowest BCUT2D eigenvalue weighted by molar-refractivity contribution is 0.00578. The summed E-state index contributed by atoms with van der Waals surface area (Å²) in [7, 11) is 2.71. The Morgan fingerprint density at radius 2 is 1.52 bits per heavy atom. The van der Waals surface area contributed by atoms with Crippen LogP contribution in [0, 0.1) is 0 Å². The Labute approximate surface area is 126 Å². The average Bonchev–Trinajstić information content (AvgIpc) is 2.65. The summed E-state index contributed by atoms with van der Waals surface area (Å²) in [5, 5.41) is 0. The molecule has 0 bridgehead atoms. The van der Waals surface area contributed by atoms with Crippen LogP contribution < -0.4 is 15.2 Å². The van der Waals surface area contributed by atoms with Crippen molar-refractivity contribution in [1.82, 2.24) is 0 Å². The fraction of sp³-hybridized carbons (Fsp3) is 0.600. The third-order valence-electron chi connectivity index (χ3n) is 4.36. The smallest absolute Gasteiger partial charge is 0.480 e. The van der Waals surface area contributed by atoms with E-state index < -0.39 is 24.3 Å². The molecule has 0 unspecified atom stereocenters. The van der Waals surface area contributed by atoms with Crippen LogP contribution in [0.3, 0.4) is 0 Å². The summed E-state index contributed by atoms with van der Waals surface area (Å²) >= 11 is 0. The highest BCUT2D eigenvalue weighted by atomic mass is 16.7. The van der Waals surface area contributed by atoms with Gasteiger partial charge in [-0.3, -0.25) is 0 Å². The Morgan fingerprint density at radius 1 is 1.00 bits per heavy atom. The molecule has 1 aliphatic heterocycles. The Kier molecular flexibility index (Phi) is 4.24. The lowest BCUT2D eigenvalue weighted by Gasteiger charge is -2.32. The van der Waals surface area contributed by atoms with Gasteiger partial charge in [0.05, 0.1) is 31.4 Å². The van der Waals surface area contributed by atoms with Gasteiger partial charge in [-0.1, -0.05) is 6.07 Å². The number of hydrogen-bond acceptors (Lipinski definition) is 5. The van der Waals surface area contributed by atoms with Crippen molar-refractivity contribution in [1.29, 1.82) is 0 Å². The topological polar surface area (TPSA) is 62.9 Å². The van der Waals surface area contributed by atoms with Gasteiger partial charge in [0.25, 0.3) is 0 Å². The first-order valence-corrected chi connectivity index (χ1v) is 7.05. The molecule has 21 heavy (non-hydrogen) atoms. The Balaban J connectivity index is 2.24. The van der Waals surface area contributed by atoms with Crippen LogP contribution in [0.4, 0.5) is 0 Å². The molecule has 0 aromatic heterocycles. The molecule has 5 nitrogen and oxygen atoms in total. The number of methoxy groups -OCH3 is 2. The fourth-order valence-electron chi connectivity index (χ4n) is 2.25. The van der Waals surface area contributed by atoms with Gasteiger partial charge in [-0.05, 0) is 45.4 Å². The second-order valence-corrected chi connectivity index (χ2v) is 6.26. The van der Waals surface area contributed by atoms with E-state index in [0.29, 0.717) is 11.5 Å². The molecule has 1 aromatic rings. The molecule has 1 saturated heterocycles. The van der Waals surface area contributed by atoms with E-state index in [9.17, 15) is 0 Å². The van der Waals surface area contributed by atoms with E-state index in [2.05, 4.69) is 0 Å². The van der Waals surface area contributed by atoms with Gasteiger partial charge in [-0.2, -0.15) is 0 Å². The van der Waals surface area contributed by atoms with E-state index in [1.165, 1.54) is 0 Å². The Hall–Kier alpha value is -1.24. The van der Waals surface area contributed by atoms with Crippen LogP contribution in [0.25, 0.3) is 0 Å². The van der Waals surface area contributed by atoms with Crippen molar-refractivity contribution in [3.63, 3.8) is 0 Å². The predicted octanol–water partition coefficient (Wildman–Crippen LogP) is 2.33. The van der Waals surface area contributed by atoms with Crippen molar-refractivity contribution in [3.05, 3.63) is 23.8 Å². The maximum Gasteiger partial charge on any atom is 0.480 e. The van der Waals surface area contributed by atoms with Crippen LogP contribution in [0.1, 0.15) is 39.2 Å². The lowest BCUT2D eigenvalue weighted by Crippen LogP contribution is -2.41. The van der Waals surface area contributed by atoms with Gasteiger partial charge >= 0.3 is 7.12 Å². The molecule has 6 heteroatoms. The van der Waals surface area contributed by atoms with Gasteiger partial charge in [0.15, 0.2) is 11.5 Å². The largest absolute Gasteiger partial charge is 0.493 e. The van der Waals surface area contributed by atoms with Crippen LogP contribution in [0.2, 0.25) is 0 Å². The van der Waals surface area contributed by atoms with Crippen molar-refractivity contribution in [2.24, 2.45) is 5.73 Å². The molecular formula is C15H24BNO4. The second-order valence-electron chi connectivity index (χ2n) is 6.26. The number of nitrogens with two attached hydrogens (primary N) is 1. The maximum absolute atomic E-state index is 6.31. The molecular weight excluding hydrogens is 269 g/mol. The third kappa shape index (κ3) is 2.88. The number of ether oxygens (including phenoxy) is 2. The summed E-state index contributed by atoms with van der Waals surface area (Å²) in [6.45, 7) is 8.03. The minimum Gasteiger partial charge on any atom is -0.493 e. The van der Waals surface area contributed by atoms with E-state index in [1.54, 1.807) is 14.2 Å². The highest BCUT2D eigenvalue weighted by Gasteiger charge is 2.53. The van der Waals surface area contributed by atoms with Crippen molar-refractivity contribution < 1.29 is 18.8 Å². The monoisotopic (exact) mass is 293 g/mol. The highest BCUT2D eigenvalue weighted by molar-refractivity contribution is 6.47. The van der Waals surface area contributed by atoms with Crippen LogP contribution in [0.5, 0.6) is 11.5 Å². The molecule has 1 aromatic carbocycles. The molecule has 0 saturated carbocycles. The lowest BCUT2D eigenvalue weighted by atomic mass is 9.75. The Morgan fingerprint density at radius 3 is 2.00 bits per heavy atom. The van der Waals surface area contributed by atoms with Gasteiger partial charge in [-0.15, -0.1) is 0 Å². The van der Waals surface area contributed by atoms with Crippen LogP contribution in [0.15, 0.2) is 18.2 Å². The van der Waals surface area contributed by atoms with Crippen LogP contribution >= 0.6 is 0 Å². The van der Waals surface area contributed by atoms with Crippen LogP contribution in [-0.4, -0.2) is 32.5 Å². The molecule has 1 fully saturated rings. The van der Waals surface area contributed by atoms with Gasteiger partial charge in [0, 0.05) is 0 Å². The summed E-state index contributed by atoms with van der Waals surface area (Å²) in [5.41, 5.74) is 6.40. The molecule has 0 spiro atoms. The normalized spacial score (nSPS) is 21.2. The van der Waals surface area contributed by atoms with Crippen molar-refractivity contribution >= 4 is 7.12 Å². The van der Waals surface area contributed by atoms with E-state index in [-0.39, 0.29) is 0 Å². The second kappa shape index (κ2) is 5.52. The molecule has 1 atom stereocenters. The molecule has 1 aliphatic rings. The summed E-state index contributed by atoms with van der Waals surface area (Å²) < 4.78 is 22.5. The first-order valence-electron chi connectivity index (χ1n) is 7.05. The summed E-state index contributed by atoms with van der Waals surface area (Å²) in [6, 6.07) is 5.59. The summed E-state index contributed by atoms with van der Waals surface area (Å²) in [4.78, 5) is 0. The first kappa shape index (κ1) is 16.1. The standard InChI is InChI=1S/C15H24BNO4/c1-14(2)15(3,4)21-16(20-14)13(17)10-7-8-11(18-5)12(9-10)19-6/h7-9,13H,17H2,1-6H3/t13-/m0/s1. The molecule has 1 heterocycles. The van der Waals surface area contributed by atoms with E-state index in [1.807, 2.05) is 45.9 Å². The first-order chi connectivity index (χ1) is 9.71. The van der Waals surface area contributed by atoms with Crippen molar-refractivity contribution in [3.8, 4) is 11.5 Å². The molecule has 116 valence electrons. The molecule has 0 radical (unpaired) electrons. The van der Waals surface area contributed by atoms with Gasteiger partial charge < -0.3 is 24.5 Å². The minimum absolute atomic E-state index is 0.397. The van der Waals surface area contributed by atoms with Gasteiger partial charge in [0.2, 0.25) is 0 Å². The van der Waals surface area contributed by atoms with Gasteiger partial charge in [-0.25, -0.2) is 0 Å². The SMILES string of the molecule is COc1ccc([C@H](N)B2OC(C)(C)C(C)(C)O2)cc1OC. The van der Waals surface area contributed by atoms with Gasteiger partial charge in [0.1, 0.15) is 0 Å². The molecule has 2 rings (SSSR count). The Bertz CT molecular complexity index is 502. The molecule has 2 N–H and O–H groups in total. The predicted molar refractivity (Wildman–Crippen MR) is 82.6 cm³/mol. The van der Waals surface area contributed by atoms with Crippen LogP contribution in [-0.2, 0) is 9.31 Å². The maximum atomic E-state index is 6.31. The zero-order chi connectivity index (χ0) is 15.8.